The van der Waals surface area contributed by atoms with E-state index >= 15 is 0 Å². The number of carbonyl (C=O) groups is 1. The quantitative estimate of drug-likeness (QED) is 0.788. The summed E-state index contributed by atoms with van der Waals surface area (Å²) in [6.45, 7) is 5.94. The Kier molecular flexibility index (Phi) is 5.57. The lowest BCUT2D eigenvalue weighted by Gasteiger charge is -2.36. The summed E-state index contributed by atoms with van der Waals surface area (Å²) in [5, 5.41) is 8.46. The largest absolute Gasteiger partial charge is 0.496 e. The van der Waals surface area contributed by atoms with Gasteiger partial charge >= 0.3 is 0 Å². The molecular weight excluding hydrogens is 358 g/mol. The fourth-order valence-electron chi connectivity index (χ4n) is 3.62. The van der Waals surface area contributed by atoms with E-state index in [1.807, 2.05) is 29.2 Å². The summed E-state index contributed by atoms with van der Waals surface area (Å²) in [5.41, 5.74) is 1.65. The Bertz CT molecular complexity index is 817. The first kappa shape index (κ1) is 18.5. The molecule has 1 amide bonds. The monoisotopic (exact) mass is 383 g/mol. The normalized spacial score (nSPS) is 17.5. The minimum atomic E-state index is 0.0129. The molecule has 0 aliphatic carbocycles. The molecule has 0 unspecified atom stereocenters. The van der Waals surface area contributed by atoms with Crippen molar-refractivity contribution in [1.82, 2.24) is 15.1 Å². The van der Waals surface area contributed by atoms with Crippen LogP contribution in [0.25, 0.3) is 0 Å². The van der Waals surface area contributed by atoms with Gasteiger partial charge in [0.05, 0.1) is 37.8 Å². The lowest BCUT2D eigenvalue weighted by molar-refractivity contribution is 0.0743. The Labute approximate surface area is 164 Å². The number of amides is 1. The van der Waals surface area contributed by atoms with Gasteiger partial charge in [-0.3, -0.25) is 4.79 Å². The van der Waals surface area contributed by atoms with E-state index in [1.165, 1.54) is 0 Å². The summed E-state index contributed by atoms with van der Waals surface area (Å²) in [5.74, 6) is 1.51. The van der Waals surface area contributed by atoms with Gasteiger partial charge in [0, 0.05) is 45.3 Å². The summed E-state index contributed by atoms with van der Waals surface area (Å²) in [6.07, 6.45) is 1.79. The van der Waals surface area contributed by atoms with Gasteiger partial charge in [-0.25, -0.2) is 0 Å². The van der Waals surface area contributed by atoms with Crippen molar-refractivity contribution in [3.63, 3.8) is 0 Å². The number of morpholine rings is 1. The maximum Gasteiger partial charge on any atom is 0.257 e. The number of carbonyl (C=O) groups excluding carboxylic acids is 1. The molecule has 0 spiro atoms. The number of aromatic nitrogens is 2. The summed E-state index contributed by atoms with van der Waals surface area (Å²) in [7, 11) is 1.59. The van der Waals surface area contributed by atoms with E-state index in [4.69, 9.17) is 9.47 Å². The third-order valence-electron chi connectivity index (χ3n) is 5.23. The molecule has 0 bridgehead atoms. The standard InChI is InChI=1S/C20H25N5O3/c1-27-18-5-3-2-4-17(18)20(26)25-8-6-23(7-9-25)16-14-19(22-21-15-16)24-10-12-28-13-11-24/h2-5,14-15H,6-13H2,1H3. The van der Waals surface area contributed by atoms with E-state index in [1.54, 1.807) is 13.3 Å². The zero-order valence-electron chi connectivity index (χ0n) is 16.1. The number of hydrogen-bond donors (Lipinski definition) is 0. The van der Waals surface area contributed by atoms with Crippen LogP contribution in [-0.4, -0.2) is 80.6 Å². The number of nitrogens with zero attached hydrogens (tertiary/aromatic N) is 5. The number of methoxy groups -OCH3 is 1. The van der Waals surface area contributed by atoms with Crippen LogP contribution in [0.3, 0.4) is 0 Å². The van der Waals surface area contributed by atoms with Crippen LogP contribution in [-0.2, 0) is 4.74 Å². The van der Waals surface area contributed by atoms with E-state index in [2.05, 4.69) is 26.1 Å². The van der Waals surface area contributed by atoms with Crippen molar-refractivity contribution in [1.29, 1.82) is 0 Å². The zero-order valence-corrected chi connectivity index (χ0v) is 16.1. The second-order valence-electron chi connectivity index (χ2n) is 6.85. The molecule has 148 valence electrons. The molecule has 0 radical (unpaired) electrons. The van der Waals surface area contributed by atoms with Crippen molar-refractivity contribution in [2.75, 3.05) is 69.4 Å². The first-order valence-corrected chi connectivity index (χ1v) is 9.59. The maximum atomic E-state index is 12.9. The second kappa shape index (κ2) is 8.43. The van der Waals surface area contributed by atoms with Gasteiger partial charge in [-0.2, -0.15) is 5.10 Å². The van der Waals surface area contributed by atoms with Crippen LogP contribution in [0, 0.1) is 0 Å². The molecule has 2 aliphatic heterocycles. The first-order valence-electron chi connectivity index (χ1n) is 9.59. The highest BCUT2D eigenvalue weighted by Gasteiger charge is 2.25. The van der Waals surface area contributed by atoms with Gasteiger partial charge in [0.2, 0.25) is 0 Å². The minimum absolute atomic E-state index is 0.0129. The van der Waals surface area contributed by atoms with Gasteiger partial charge in [-0.05, 0) is 12.1 Å². The molecule has 0 atom stereocenters. The number of ether oxygens (including phenoxy) is 2. The Morgan fingerprint density at radius 3 is 2.54 bits per heavy atom. The van der Waals surface area contributed by atoms with Gasteiger partial charge in [-0.15, -0.1) is 5.10 Å². The highest BCUT2D eigenvalue weighted by atomic mass is 16.5. The molecule has 28 heavy (non-hydrogen) atoms. The molecule has 8 heteroatoms. The molecule has 4 rings (SSSR count). The van der Waals surface area contributed by atoms with E-state index in [9.17, 15) is 4.79 Å². The van der Waals surface area contributed by atoms with Crippen molar-refractivity contribution in [3.05, 3.63) is 42.1 Å². The lowest BCUT2D eigenvalue weighted by atomic mass is 10.1. The third-order valence-corrected chi connectivity index (χ3v) is 5.23. The number of hydrogen-bond acceptors (Lipinski definition) is 7. The topological polar surface area (TPSA) is 71.0 Å². The van der Waals surface area contributed by atoms with E-state index in [0.29, 0.717) is 24.4 Å². The number of rotatable bonds is 4. The molecular formula is C20H25N5O3. The Morgan fingerprint density at radius 2 is 1.79 bits per heavy atom. The summed E-state index contributed by atoms with van der Waals surface area (Å²) >= 11 is 0. The highest BCUT2D eigenvalue weighted by molar-refractivity contribution is 5.97. The van der Waals surface area contributed by atoms with Crippen molar-refractivity contribution in [2.24, 2.45) is 0 Å². The summed E-state index contributed by atoms with van der Waals surface area (Å²) in [4.78, 5) is 19.2. The highest BCUT2D eigenvalue weighted by Crippen LogP contribution is 2.23. The number of piperazine rings is 1. The summed E-state index contributed by atoms with van der Waals surface area (Å²) in [6, 6.07) is 9.45. The van der Waals surface area contributed by atoms with Crippen molar-refractivity contribution in [2.45, 2.75) is 0 Å². The number of para-hydroxylation sites is 1. The van der Waals surface area contributed by atoms with Gasteiger partial charge in [0.25, 0.3) is 5.91 Å². The molecule has 8 nitrogen and oxygen atoms in total. The van der Waals surface area contributed by atoms with E-state index in [0.717, 1.165) is 50.9 Å². The van der Waals surface area contributed by atoms with Crippen LogP contribution in [0.15, 0.2) is 36.5 Å². The van der Waals surface area contributed by atoms with Gasteiger partial charge in [-0.1, -0.05) is 12.1 Å². The average molecular weight is 383 g/mol. The Balaban J connectivity index is 1.41. The predicted molar refractivity (Wildman–Crippen MR) is 106 cm³/mol. The molecule has 1 aromatic carbocycles. The van der Waals surface area contributed by atoms with Crippen LogP contribution in [0.2, 0.25) is 0 Å². The summed E-state index contributed by atoms with van der Waals surface area (Å²) < 4.78 is 10.7. The predicted octanol–water partition coefficient (Wildman–Crippen LogP) is 1.28. The smallest absolute Gasteiger partial charge is 0.257 e. The molecule has 2 aliphatic rings. The SMILES string of the molecule is COc1ccccc1C(=O)N1CCN(c2cnnc(N3CCOCC3)c2)CC1. The molecule has 1 aromatic heterocycles. The number of benzene rings is 1. The molecule has 0 saturated carbocycles. The van der Waals surface area contributed by atoms with Crippen LogP contribution < -0.4 is 14.5 Å². The van der Waals surface area contributed by atoms with Crippen molar-refractivity contribution in [3.8, 4) is 5.75 Å². The average Bonchev–Trinajstić information content (AvgIpc) is 2.79. The van der Waals surface area contributed by atoms with Crippen molar-refractivity contribution >= 4 is 17.4 Å². The molecule has 0 N–H and O–H groups in total. The molecule has 2 saturated heterocycles. The minimum Gasteiger partial charge on any atom is -0.496 e. The van der Waals surface area contributed by atoms with Gasteiger partial charge in [0.1, 0.15) is 5.75 Å². The van der Waals surface area contributed by atoms with E-state index < -0.39 is 0 Å². The Morgan fingerprint density at radius 1 is 1.04 bits per heavy atom. The van der Waals surface area contributed by atoms with Gasteiger partial charge in [0.15, 0.2) is 5.82 Å². The van der Waals surface area contributed by atoms with Crippen LogP contribution in [0.5, 0.6) is 5.75 Å². The zero-order chi connectivity index (χ0) is 19.3. The molecule has 2 aromatic rings. The second-order valence-corrected chi connectivity index (χ2v) is 6.85. The van der Waals surface area contributed by atoms with Crippen molar-refractivity contribution < 1.29 is 14.3 Å². The lowest BCUT2D eigenvalue weighted by Crippen LogP contribution is -2.49. The van der Waals surface area contributed by atoms with Gasteiger partial charge < -0.3 is 24.2 Å². The Hall–Kier alpha value is -2.87. The fourth-order valence-corrected chi connectivity index (χ4v) is 3.62. The number of anilines is 2. The maximum absolute atomic E-state index is 12.9. The van der Waals surface area contributed by atoms with Crippen LogP contribution in [0.4, 0.5) is 11.5 Å². The fraction of sp³-hybridized carbons (Fsp3) is 0.450. The molecule has 3 heterocycles. The third kappa shape index (κ3) is 3.87. The first-order chi connectivity index (χ1) is 13.8. The molecule has 2 fully saturated rings. The van der Waals surface area contributed by atoms with Crippen LogP contribution in [0.1, 0.15) is 10.4 Å². The van der Waals surface area contributed by atoms with Crippen LogP contribution >= 0.6 is 0 Å². The van der Waals surface area contributed by atoms with E-state index in [-0.39, 0.29) is 5.91 Å².